The van der Waals surface area contributed by atoms with Crippen molar-refractivity contribution in [3.05, 3.63) is 95.3 Å². The van der Waals surface area contributed by atoms with Crippen molar-refractivity contribution in [1.82, 2.24) is 0 Å². The quantitative estimate of drug-likeness (QED) is 0.152. The van der Waals surface area contributed by atoms with Gasteiger partial charge in [0.1, 0.15) is 5.82 Å². The van der Waals surface area contributed by atoms with Gasteiger partial charge in [0.25, 0.3) is 0 Å². The molecule has 0 amide bonds. The molecule has 4 rings (SSSR count). The van der Waals surface area contributed by atoms with Gasteiger partial charge in [-0.05, 0) is 73.8 Å². The van der Waals surface area contributed by atoms with Crippen molar-refractivity contribution < 1.29 is 17.9 Å². The fourth-order valence-electron chi connectivity index (χ4n) is 5.70. The minimum Gasteiger partial charge on any atom is -0.378 e. The number of rotatable bonds is 13. The van der Waals surface area contributed by atoms with Gasteiger partial charge in [0.05, 0.1) is 12.7 Å². The van der Waals surface area contributed by atoms with E-state index >= 15 is 4.39 Å². The molecule has 1 heterocycles. The highest BCUT2D eigenvalue weighted by Crippen LogP contribution is 2.34. The van der Waals surface area contributed by atoms with Gasteiger partial charge in [0, 0.05) is 17.0 Å². The first-order chi connectivity index (χ1) is 19.5. The summed E-state index contributed by atoms with van der Waals surface area (Å²) in [6.45, 7) is 4.82. The van der Waals surface area contributed by atoms with Crippen LogP contribution in [-0.2, 0) is 11.2 Å². The number of ether oxygens (including phenoxy) is 1. The molecule has 3 aromatic carbocycles. The Morgan fingerprint density at radius 2 is 1.52 bits per heavy atom. The molecule has 1 nitrogen and oxygen atoms in total. The highest BCUT2D eigenvalue weighted by molar-refractivity contribution is 5.71. The number of allylic oxidation sites excluding steroid dienone is 2. The van der Waals surface area contributed by atoms with E-state index in [1.807, 2.05) is 31.2 Å². The Morgan fingerprint density at radius 3 is 2.20 bits per heavy atom. The lowest BCUT2D eigenvalue weighted by atomic mass is 9.89. The van der Waals surface area contributed by atoms with Crippen molar-refractivity contribution in [2.75, 3.05) is 6.61 Å². The van der Waals surface area contributed by atoms with Gasteiger partial charge in [-0.3, -0.25) is 0 Å². The molecule has 0 saturated carbocycles. The Balaban J connectivity index is 1.36. The molecule has 0 bridgehead atoms. The van der Waals surface area contributed by atoms with Gasteiger partial charge in [0.2, 0.25) is 0 Å². The van der Waals surface area contributed by atoms with Crippen LogP contribution in [0.4, 0.5) is 13.2 Å². The number of hydrogen-bond donors (Lipinski definition) is 0. The molecule has 4 heteroatoms. The first-order valence-corrected chi connectivity index (χ1v) is 15.1. The highest BCUT2D eigenvalue weighted by Gasteiger charge is 2.23. The van der Waals surface area contributed by atoms with Crippen LogP contribution in [-0.4, -0.2) is 12.7 Å². The first kappa shape index (κ1) is 30.1. The molecule has 2 unspecified atom stereocenters. The predicted octanol–water partition coefficient (Wildman–Crippen LogP) is 11.0. The minimum atomic E-state index is -0.833. The predicted molar refractivity (Wildman–Crippen MR) is 160 cm³/mol. The molecule has 1 fully saturated rings. The molecule has 214 valence electrons. The Hall–Kier alpha value is -2.85. The fourth-order valence-corrected chi connectivity index (χ4v) is 5.70. The molecule has 0 radical (unpaired) electrons. The third-order valence-corrected chi connectivity index (χ3v) is 8.19. The van der Waals surface area contributed by atoms with Crippen LogP contribution < -0.4 is 0 Å². The number of benzene rings is 3. The maximum atomic E-state index is 15.2. The standard InChI is InChI=1S/C36H43F3O/c1-3-5-7-9-11-13-31-21-18-30(25-40-31)29-20-22-32(34(37)24-29)26-14-16-27(17-15-26)33-23-19-28(35(38)36(33)39)12-10-8-6-4-2/h4,6,14-17,19-20,22-24,30-31H,3,5,7-13,18,21,25H2,1-2H3/b6-4-. The van der Waals surface area contributed by atoms with Crippen LogP contribution in [0.5, 0.6) is 0 Å². The van der Waals surface area contributed by atoms with Crippen molar-refractivity contribution >= 4 is 0 Å². The summed E-state index contributed by atoms with van der Waals surface area (Å²) in [5.74, 6) is -1.68. The third-order valence-electron chi connectivity index (χ3n) is 8.19. The molecule has 1 saturated heterocycles. The fraction of sp³-hybridized carbons (Fsp3) is 0.444. The normalized spacial score (nSPS) is 17.5. The zero-order valence-corrected chi connectivity index (χ0v) is 24.0. The lowest BCUT2D eigenvalue weighted by Gasteiger charge is -2.29. The largest absolute Gasteiger partial charge is 0.378 e. The van der Waals surface area contributed by atoms with E-state index in [4.69, 9.17) is 4.74 Å². The Labute approximate surface area is 238 Å². The monoisotopic (exact) mass is 548 g/mol. The molecule has 40 heavy (non-hydrogen) atoms. The molecule has 0 N–H and O–H groups in total. The van der Waals surface area contributed by atoms with Crippen molar-refractivity contribution in [3.8, 4) is 22.3 Å². The summed E-state index contributed by atoms with van der Waals surface area (Å²) in [4.78, 5) is 0. The summed E-state index contributed by atoms with van der Waals surface area (Å²) in [5, 5.41) is 0. The van der Waals surface area contributed by atoms with E-state index < -0.39 is 11.6 Å². The topological polar surface area (TPSA) is 9.23 Å². The zero-order chi connectivity index (χ0) is 28.3. The van der Waals surface area contributed by atoms with Crippen LogP contribution in [0.25, 0.3) is 22.3 Å². The molecule has 3 aromatic rings. The molecular weight excluding hydrogens is 505 g/mol. The van der Waals surface area contributed by atoms with Crippen molar-refractivity contribution in [2.24, 2.45) is 0 Å². The number of hydrogen-bond acceptors (Lipinski definition) is 1. The maximum absolute atomic E-state index is 15.2. The van der Waals surface area contributed by atoms with E-state index in [9.17, 15) is 8.78 Å². The molecule has 1 aliphatic rings. The maximum Gasteiger partial charge on any atom is 0.166 e. The van der Waals surface area contributed by atoms with Crippen LogP contribution in [0.2, 0.25) is 0 Å². The van der Waals surface area contributed by atoms with Gasteiger partial charge >= 0.3 is 0 Å². The number of halogens is 3. The number of unbranched alkanes of at least 4 members (excludes halogenated alkanes) is 5. The zero-order valence-electron chi connectivity index (χ0n) is 24.0. The van der Waals surface area contributed by atoms with Gasteiger partial charge in [-0.25, -0.2) is 13.2 Å². The van der Waals surface area contributed by atoms with E-state index in [0.717, 1.165) is 37.7 Å². The SMILES string of the molecule is C/C=C\CCCc1ccc(-c2ccc(-c3ccc(C4CCC(CCCCCCC)OC4)cc3F)cc2)c(F)c1F. The second kappa shape index (κ2) is 15.2. The van der Waals surface area contributed by atoms with Gasteiger partial charge in [-0.2, -0.15) is 0 Å². The third kappa shape index (κ3) is 7.87. The Bertz CT molecular complexity index is 1240. The van der Waals surface area contributed by atoms with E-state index in [1.54, 1.807) is 42.5 Å². The van der Waals surface area contributed by atoms with Crippen molar-refractivity contribution in [2.45, 2.75) is 96.5 Å². The van der Waals surface area contributed by atoms with Crippen molar-refractivity contribution in [3.63, 3.8) is 0 Å². The second-order valence-corrected chi connectivity index (χ2v) is 11.1. The van der Waals surface area contributed by atoms with Crippen LogP contribution in [0.15, 0.2) is 66.7 Å². The smallest absolute Gasteiger partial charge is 0.166 e. The van der Waals surface area contributed by atoms with Crippen LogP contribution in [0.3, 0.4) is 0 Å². The second-order valence-electron chi connectivity index (χ2n) is 11.1. The van der Waals surface area contributed by atoms with Gasteiger partial charge < -0.3 is 4.74 Å². The van der Waals surface area contributed by atoms with Crippen LogP contribution >= 0.6 is 0 Å². The lowest BCUT2D eigenvalue weighted by molar-refractivity contribution is -0.00217. The van der Waals surface area contributed by atoms with E-state index in [0.29, 0.717) is 41.4 Å². The summed E-state index contributed by atoms with van der Waals surface area (Å²) < 4.78 is 51.0. The minimum absolute atomic E-state index is 0.214. The average molecular weight is 549 g/mol. The van der Waals surface area contributed by atoms with Crippen LogP contribution in [0.1, 0.15) is 95.1 Å². The van der Waals surface area contributed by atoms with E-state index in [-0.39, 0.29) is 17.3 Å². The van der Waals surface area contributed by atoms with Gasteiger partial charge in [-0.15, -0.1) is 0 Å². The Kier molecular flexibility index (Phi) is 11.5. The van der Waals surface area contributed by atoms with E-state index in [2.05, 4.69) is 6.92 Å². The first-order valence-electron chi connectivity index (χ1n) is 15.1. The Morgan fingerprint density at radius 1 is 0.800 bits per heavy atom. The van der Waals surface area contributed by atoms with Crippen LogP contribution in [0, 0.1) is 17.5 Å². The summed E-state index contributed by atoms with van der Waals surface area (Å²) >= 11 is 0. The lowest BCUT2D eigenvalue weighted by Crippen LogP contribution is -2.24. The summed E-state index contributed by atoms with van der Waals surface area (Å²) in [5.41, 5.74) is 3.36. The summed E-state index contributed by atoms with van der Waals surface area (Å²) in [6.07, 6.45) is 16.0. The molecular formula is C36H43F3O. The van der Waals surface area contributed by atoms with Gasteiger partial charge in [0.15, 0.2) is 11.6 Å². The average Bonchev–Trinajstić information content (AvgIpc) is 2.98. The summed E-state index contributed by atoms with van der Waals surface area (Å²) in [6, 6.07) is 15.7. The van der Waals surface area contributed by atoms with Gasteiger partial charge in [-0.1, -0.05) is 99.7 Å². The summed E-state index contributed by atoms with van der Waals surface area (Å²) in [7, 11) is 0. The molecule has 0 aliphatic carbocycles. The number of aryl methyl sites for hydroxylation is 1. The molecule has 2 atom stereocenters. The van der Waals surface area contributed by atoms with E-state index in [1.165, 1.54) is 32.1 Å². The highest BCUT2D eigenvalue weighted by atomic mass is 19.2. The van der Waals surface area contributed by atoms with Crippen molar-refractivity contribution in [1.29, 1.82) is 0 Å². The molecule has 0 spiro atoms. The molecule has 1 aliphatic heterocycles. The molecule has 0 aromatic heterocycles.